The standard InChI is InChI=1S/C25H28N4O2.C4H10O2/c1-3-18-4-9-23-22(16-18)21-10-14-29(17-30)25(24(21)28-23)19-5-7-20(8-6-19)31-15-13-27-12-11-26-2;1-5-3-4-6-2/h4-9,11-12,16-17,25,27-28H,2-3,10,13-15H2,1H3;3-4H2,1-2H3/b12-11-;. The van der Waals surface area contributed by atoms with Crippen molar-refractivity contribution >= 4 is 24.0 Å². The molecule has 1 atom stereocenters. The largest absolute Gasteiger partial charge is 0.492 e. The van der Waals surface area contributed by atoms with Crippen molar-refractivity contribution in [2.75, 3.05) is 47.1 Å². The summed E-state index contributed by atoms with van der Waals surface area (Å²) in [6.45, 7) is 8.86. The molecule has 0 saturated carbocycles. The lowest BCUT2D eigenvalue weighted by Gasteiger charge is -2.33. The van der Waals surface area contributed by atoms with E-state index in [-0.39, 0.29) is 6.04 Å². The van der Waals surface area contributed by atoms with Gasteiger partial charge in [0.05, 0.1) is 19.3 Å². The maximum Gasteiger partial charge on any atom is 0.210 e. The monoisotopic (exact) mass is 506 g/mol. The number of hydrogen-bond acceptors (Lipinski definition) is 6. The first kappa shape index (κ1) is 28.0. The molecule has 1 aliphatic rings. The molecule has 2 heterocycles. The maximum absolute atomic E-state index is 11.8. The van der Waals surface area contributed by atoms with E-state index in [2.05, 4.69) is 56.6 Å². The number of carbonyl (C=O) groups excluding carboxylic acids is 1. The molecule has 0 aliphatic carbocycles. The average Bonchev–Trinajstić information content (AvgIpc) is 3.31. The Hall–Kier alpha value is -3.62. The van der Waals surface area contributed by atoms with E-state index in [1.165, 1.54) is 16.5 Å². The number of H-pyrrole nitrogens is 1. The van der Waals surface area contributed by atoms with Gasteiger partial charge in [0, 0.05) is 56.3 Å². The molecule has 4 rings (SSSR count). The molecule has 0 saturated heterocycles. The van der Waals surface area contributed by atoms with Crippen LogP contribution in [0.3, 0.4) is 0 Å². The minimum atomic E-state index is -0.119. The summed E-state index contributed by atoms with van der Waals surface area (Å²) in [5.74, 6) is 0.800. The number of nitrogens with zero attached hydrogens (tertiary/aromatic N) is 2. The van der Waals surface area contributed by atoms with Crippen LogP contribution in [0.4, 0.5) is 0 Å². The summed E-state index contributed by atoms with van der Waals surface area (Å²) >= 11 is 0. The first-order valence-electron chi connectivity index (χ1n) is 12.6. The number of ether oxygens (including phenoxy) is 3. The lowest BCUT2D eigenvalue weighted by atomic mass is 9.92. The first-order chi connectivity index (χ1) is 18.2. The normalized spacial score (nSPS) is 14.7. The quantitative estimate of drug-likeness (QED) is 0.218. The molecule has 1 amide bonds. The van der Waals surface area contributed by atoms with Crippen LogP contribution >= 0.6 is 0 Å². The lowest BCUT2D eigenvalue weighted by Crippen LogP contribution is -2.34. The van der Waals surface area contributed by atoms with Gasteiger partial charge in [-0.1, -0.05) is 25.1 Å². The van der Waals surface area contributed by atoms with Gasteiger partial charge in [0.15, 0.2) is 0 Å². The van der Waals surface area contributed by atoms with Crippen molar-refractivity contribution in [1.82, 2.24) is 15.2 Å². The number of aliphatic imine (C=N–C) groups is 1. The second-order valence-corrected chi connectivity index (χ2v) is 8.60. The Labute approximate surface area is 219 Å². The number of benzene rings is 2. The first-order valence-corrected chi connectivity index (χ1v) is 12.6. The number of aromatic nitrogens is 1. The van der Waals surface area contributed by atoms with Gasteiger partial charge in [0.2, 0.25) is 6.41 Å². The molecule has 37 heavy (non-hydrogen) atoms. The van der Waals surface area contributed by atoms with Gasteiger partial charge in [-0.2, -0.15) is 0 Å². The Balaban J connectivity index is 0.000000568. The highest BCUT2D eigenvalue weighted by Gasteiger charge is 2.31. The highest BCUT2D eigenvalue weighted by Crippen LogP contribution is 2.38. The predicted octanol–water partition coefficient (Wildman–Crippen LogP) is 4.25. The van der Waals surface area contributed by atoms with Crippen LogP contribution in [-0.2, 0) is 27.1 Å². The number of amides is 1. The van der Waals surface area contributed by atoms with Crippen molar-refractivity contribution < 1.29 is 19.0 Å². The van der Waals surface area contributed by atoms with Crippen LogP contribution < -0.4 is 10.1 Å². The van der Waals surface area contributed by atoms with E-state index >= 15 is 0 Å². The van der Waals surface area contributed by atoms with Crippen LogP contribution in [-0.4, -0.2) is 70.1 Å². The molecular formula is C29H38N4O4. The number of nitrogens with one attached hydrogen (secondary N) is 2. The maximum atomic E-state index is 11.8. The number of methoxy groups -OCH3 is 2. The van der Waals surface area contributed by atoms with Crippen molar-refractivity contribution in [3.05, 3.63) is 77.2 Å². The number of carbonyl (C=O) groups is 1. The van der Waals surface area contributed by atoms with E-state index < -0.39 is 0 Å². The number of aryl methyl sites for hydroxylation is 1. The van der Waals surface area contributed by atoms with Gasteiger partial charge >= 0.3 is 0 Å². The van der Waals surface area contributed by atoms with Gasteiger partial charge in [-0.05, 0) is 60.5 Å². The highest BCUT2D eigenvalue weighted by molar-refractivity contribution is 5.86. The molecule has 2 N–H and O–H groups in total. The third-order valence-corrected chi connectivity index (χ3v) is 6.27. The molecule has 1 aliphatic heterocycles. The molecular weight excluding hydrogens is 468 g/mol. The van der Waals surface area contributed by atoms with E-state index in [1.807, 2.05) is 29.2 Å². The molecule has 1 aromatic heterocycles. The van der Waals surface area contributed by atoms with Gasteiger partial charge in [-0.25, -0.2) is 0 Å². The molecule has 0 radical (unpaired) electrons. The van der Waals surface area contributed by atoms with Crippen molar-refractivity contribution in [3.8, 4) is 5.75 Å². The van der Waals surface area contributed by atoms with E-state index in [1.54, 1.807) is 26.6 Å². The van der Waals surface area contributed by atoms with Crippen LogP contribution in [0.2, 0.25) is 0 Å². The summed E-state index contributed by atoms with van der Waals surface area (Å²) in [6, 6.07) is 14.5. The smallest absolute Gasteiger partial charge is 0.210 e. The topological polar surface area (TPSA) is 88.2 Å². The van der Waals surface area contributed by atoms with Crippen molar-refractivity contribution in [2.45, 2.75) is 25.8 Å². The Kier molecular flexibility index (Phi) is 11.2. The SMILES string of the molecule is C=N/C=C\NCCOc1ccc(C2c3[nH]c4ccc(CC)cc4c3CCN2C=O)cc1.COCCOC. The van der Waals surface area contributed by atoms with Gasteiger partial charge in [0.1, 0.15) is 12.4 Å². The zero-order valence-corrected chi connectivity index (χ0v) is 22.0. The van der Waals surface area contributed by atoms with Gasteiger partial charge < -0.3 is 29.4 Å². The van der Waals surface area contributed by atoms with Crippen molar-refractivity contribution in [2.24, 2.45) is 4.99 Å². The Morgan fingerprint density at radius 2 is 1.89 bits per heavy atom. The molecule has 2 aromatic carbocycles. The second kappa shape index (κ2) is 14.8. The Morgan fingerprint density at radius 1 is 1.14 bits per heavy atom. The lowest BCUT2D eigenvalue weighted by molar-refractivity contribution is -0.120. The Morgan fingerprint density at radius 3 is 2.54 bits per heavy atom. The molecule has 0 spiro atoms. The molecule has 8 heteroatoms. The summed E-state index contributed by atoms with van der Waals surface area (Å²) in [6.07, 6.45) is 6.16. The van der Waals surface area contributed by atoms with Crippen LogP contribution in [0.15, 0.2) is 59.9 Å². The van der Waals surface area contributed by atoms with Gasteiger partial charge in [0.25, 0.3) is 0 Å². The molecule has 0 bridgehead atoms. The van der Waals surface area contributed by atoms with E-state index in [4.69, 9.17) is 4.74 Å². The summed E-state index contributed by atoms with van der Waals surface area (Å²) in [5.41, 5.74) is 5.97. The van der Waals surface area contributed by atoms with Crippen LogP contribution in [0.25, 0.3) is 10.9 Å². The highest BCUT2D eigenvalue weighted by atomic mass is 16.5. The van der Waals surface area contributed by atoms with Crippen LogP contribution in [0, 0.1) is 0 Å². The van der Waals surface area contributed by atoms with Crippen LogP contribution in [0.1, 0.15) is 35.3 Å². The van der Waals surface area contributed by atoms with E-state index in [0.29, 0.717) is 32.9 Å². The minimum absolute atomic E-state index is 0.119. The summed E-state index contributed by atoms with van der Waals surface area (Å²) < 4.78 is 15.1. The molecule has 198 valence electrons. The van der Waals surface area contributed by atoms with E-state index in [9.17, 15) is 4.79 Å². The van der Waals surface area contributed by atoms with Crippen molar-refractivity contribution in [3.63, 3.8) is 0 Å². The second-order valence-electron chi connectivity index (χ2n) is 8.60. The fourth-order valence-electron chi connectivity index (χ4n) is 4.38. The number of rotatable bonds is 12. The zero-order valence-electron chi connectivity index (χ0n) is 22.0. The van der Waals surface area contributed by atoms with E-state index in [0.717, 1.165) is 41.8 Å². The molecule has 8 nitrogen and oxygen atoms in total. The summed E-state index contributed by atoms with van der Waals surface area (Å²) in [4.78, 5) is 20.9. The molecule has 3 aromatic rings. The summed E-state index contributed by atoms with van der Waals surface area (Å²) in [5, 5.41) is 4.35. The number of hydrogen-bond donors (Lipinski definition) is 2. The summed E-state index contributed by atoms with van der Waals surface area (Å²) in [7, 11) is 3.30. The minimum Gasteiger partial charge on any atom is -0.492 e. The zero-order chi connectivity index (χ0) is 26.5. The Bertz CT molecular complexity index is 1150. The molecule has 1 unspecified atom stereocenters. The third-order valence-electron chi connectivity index (χ3n) is 6.27. The number of aromatic amines is 1. The average molecular weight is 507 g/mol. The number of fused-ring (bicyclic) bond motifs is 3. The fourth-order valence-corrected chi connectivity index (χ4v) is 4.38. The third kappa shape index (κ3) is 7.44. The van der Waals surface area contributed by atoms with Gasteiger partial charge in [-0.15, -0.1) is 0 Å². The van der Waals surface area contributed by atoms with Crippen molar-refractivity contribution in [1.29, 1.82) is 0 Å². The van der Waals surface area contributed by atoms with Crippen LogP contribution in [0.5, 0.6) is 5.75 Å². The predicted molar refractivity (Wildman–Crippen MR) is 148 cm³/mol. The fraction of sp³-hybridized carbons (Fsp3) is 0.379. The molecule has 0 fully saturated rings. The van der Waals surface area contributed by atoms with Gasteiger partial charge in [-0.3, -0.25) is 9.79 Å².